The van der Waals surface area contributed by atoms with Gasteiger partial charge in [0.15, 0.2) is 5.78 Å². The molecule has 0 heterocycles. The Bertz CT molecular complexity index is 561. The first-order valence-electron chi connectivity index (χ1n) is 8.55. The van der Waals surface area contributed by atoms with Gasteiger partial charge in [0.25, 0.3) is 0 Å². The van der Waals surface area contributed by atoms with Crippen LogP contribution in [0.15, 0.2) is 12.2 Å². The third kappa shape index (κ3) is 2.12. The Hall–Kier alpha value is -1.25. The number of fused-ring (bicyclic) bond motifs is 3. The van der Waals surface area contributed by atoms with Crippen LogP contribution in [0.4, 0.5) is 0 Å². The zero-order chi connectivity index (χ0) is 16.1. The molecule has 22 heavy (non-hydrogen) atoms. The molecule has 3 aliphatic rings. The fourth-order valence-electron chi connectivity index (χ4n) is 5.49. The van der Waals surface area contributed by atoms with Gasteiger partial charge in [-0.15, -0.1) is 0 Å². The van der Waals surface area contributed by atoms with Gasteiger partial charge in [0.2, 0.25) is 0 Å². The predicted octanol–water partition coefficient (Wildman–Crippen LogP) is 3.51. The van der Waals surface area contributed by atoms with Crippen LogP contribution in [-0.2, 0) is 14.4 Å². The Morgan fingerprint density at radius 3 is 2.41 bits per heavy atom. The number of hydrogen-bond donors (Lipinski definition) is 0. The average molecular weight is 305 g/mol. The first kappa shape index (κ1) is 15.6. The summed E-state index contributed by atoms with van der Waals surface area (Å²) < 4.78 is 0. The third-order valence-corrected chi connectivity index (χ3v) is 6.89. The lowest BCUT2D eigenvalue weighted by Crippen LogP contribution is -2.51. The van der Waals surface area contributed by atoms with Crippen LogP contribution in [0.3, 0.4) is 0 Å². The third-order valence-electron chi connectivity index (χ3n) is 6.89. The Morgan fingerprint density at radius 1 is 1.05 bits per heavy atom. The second kappa shape index (κ2) is 5.14. The number of carbonyl (C=O) groups excluding carboxylic acids is 3. The molecule has 5 atom stereocenters. The summed E-state index contributed by atoms with van der Waals surface area (Å²) in [6, 6.07) is 0. The smallest absolute Gasteiger partial charge is 0.152 e. The molecule has 0 aromatic heterocycles. The molecule has 3 fully saturated rings. The monoisotopic (exact) mass is 305 g/mol. The molecule has 3 aliphatic carbocycles. The molecule has 0 aromatic carbocycles. The van der Waals surface area contributed by atoms with Gasteiger partial charge in [0.05, 0.1) is 0 Å². The molecular formula is C19H26O3. The van der Waals surface area contributed by atoms with Crippen LogP contribution in [0.25, 0.3) is 0 Å². The van der Waals surface area contributed by atoms with Crippen molar-refractivity contribution in [2.45, 2.75) is 59.3 Å². The topological polar surface area (TPSA) is 51.2 Å². The minimum Gasteiger partial charge on any atom is -0.299 e. The molecule has 0 spiro atoms. The van der Waals surface area contributed by atoms with Crippen LogP contribution in [0, 0.1) is 28.6 Å². The van der Waals surface area contributed by atoms with Gasteiger partial charge in [0, 0.05) is 23.7 Å². The molecule has 3 rings (SSSR count). The normalized spacial score (nSPS) is 45.0. The fourth-order valence-corrected chi connectivity index (χ4v) is 5.49. The molecule has 0 aliphatic heterocycles. The largest absolute Gasteiger partial charge is 0.299 e. The van der Waals surface area contributed by atoms with Crippen LogP contribution >= 0.6 is 0 Å². The summed E-state index contributed by atoms with van der Waals surface area (Å²) in [6.45, 7) is 5.67. The van der Waals surface area contributed by atoms with E-state index in [-0.39, 0.29) is 22.9 Å². The van der Waals surface area contributed by atoms with Crippen molar-refractivity contribution in [3.8, 4) is 0 Å². The van der Waals surface area contributed by atoms with E-state index in [1.54, 1.807) is 6.08 Å². The Morgan fingerprint density at radius 2 is 1.73 bits per heavy atom. The van der Waals surface area contributed by atoms with Crippen molar-refractivity contribution >= 4 is 17.3 Å². The second-order valence-electron chi connectivity index (χ2n) is 7.98. The predicted molar refractivity (Wildman–Crippen MR) is 84.2 cm³/mol. The fraction of sp³-hybridized carbons (Fsp3) is 0.737. The molecule has 120 valence electrons. The molecule has 0 saturated heterocycles. The van der Waals surface area contributed by atoms with E-state index in [1.807, 2.05) is 13.0 Å². The van der Waals surface area contributed by atoms with Gasteiger partial charge in [-0.2, -0.15) is 0 Å². The summed E-state index contributed by atoms with van der Waals surface area (Å²) in [4.78, 5) is 36.2. The number of carbonyl (C=O) groups is 3. The molecule has 3 saturated carbocycles. The zero-order valence-corrected chi connectivity index (χ0v) is 13.9. The van der Waals surface area contributed by atoms with Crippen LogP contribution in [0.2, 0.25) is 0 Å². The molecule has 3 unspecified atom stereocenters. The van der Waals surface area contributed by atoms with Gasteiger partial charge >= 0.3 is 0 Å². The summed E-state index contributed by atoms with van der Waals surface area (Å²) >= 11 is 0. The van der Waals surface area contributed by atoms with Crippen molar-refractivity contribution in [1.82, 2.24) is 0 Å². The van der Waals surface area contributed by atoms with Crippen molar-refractivity contribution in [1.29, 1.82) is 0 Å². The molecule has 0 amide bonds. The van der Waals surface area contributed by atoms with Crippen molar-refractivity contribution in [3.05, 3.63) is 12.2 Å². The highest BCUT2D eigenvalue weighted by Gasteiger charge is 2.58. The summed E-state index contributed by atoms with van der Waals surface area (Å²) in [7, 11) is 0. The molecular weight excluding hydrogens is 279 g/mol. The van der Waals surface area contributed by atoms with Crippen molar-refractivity contribution in [2.75, 3.05) is 0 Å². The maximum absolute atomic E-state index is 12.6. The van der Waals surface area contributed by atoms with Crippen LogP contribution in [0.5, 0.6) is 0 Å². The van der Waals surface area contributed by atoms with E-state index in [4.69, 9.17) is 0 Å². The van der Waals surface area contributed by atoms with Gasteiger partial charge in [-0.3, -0.25) is 14.4 Å². The summed E-state index contributed by atoms with van der Waals surface area (Å²) in [5, 5.41) is 0. The van der Waals surface area contributed by atoms with Gasteiger partial charge in [-0.05, 0) is 63.4 Å². The maximum Gasteiger partial charge on any atom is 0.152 e. The highest BCUT2D eigenvalue weighted by Crippen LogP contribution is 2.61. The van der Waals surface area contributed by atoms with Crippen molar-refractivity contribution in [2.24, 2.45) is 28.6 Å². The number of ketones is 3. The number of rotatable bonds is 2. The summed E-state index contributed by atoms with van der Waals surface area (Å²) in [5.74, 6) is 1.84. The summed E-state index contributed by atoms with van der Waals surface area (Å²) in [5.41, 5.74) is -0.686. The first-order chi connectivity index (χ1) is 10.3. The average Bonchev–Trinajstić information content (AvgIpc) is 2.77. The molecule has 3 heteroatoms. The number of allylic oxidation sites excluding steroid dienone is 2. The Labute approximate surface area is 132 Å². The van der Waals surface area contributed by atoms with Gasteiger partial charge < -0.3 is 0 Å². The molecule has 0 N–H and O–H groups in total. The van der Waals surface area contributed by atoms with Gasteiger partial charge in [0.1, 0.15) is 11.6 Å². The highest BCUT2D eigenvalue weighted by molar-refractivity contribution is 5.92. The van der Waals surface area contributed by atoms with Crippen LogP contribution in [0.1, 0.15) is 59.3 Å². The van der Waals surface area contributed by atoms with E-state index < -0.39 is 5.41 Å². The van der Waals surface area contributed by atoms with Gasteiger partial charge in [-0.1, -0.05) is 13.0 Å². The highest BCUT2D eigenvalue weighted by atomic mass is 16.2. The van der Waals surface area contributed by atoms with E-state index in [1.165, 1.54) is 6.92 Å². The van der Waals surface area contributed by atoms with E-state index >= 15 is 0 Å². The maximum atomic E-state index is 12.6. The summed E-state index contributed by atoms with van der Waals surface area (Å²) in [6.07, 6.45) is 8.43. The minimum atomic E-state index is -0.526. The molecule has 3 nitrogen and oxygen atoms in total. The quantitative estimate of drug-likeness (QED) is 0.579. The number of hydrogen-bond acceptors (Lipinski definition) is 3. The van der Waals surface area contributed by atoms with E-state index in [0.29, 0.717) is 30.5 Å². The Balaban J connectivity index is 1.94. The standard InChI is InChI=1S/C19H26O3/c1-12(20)8-10-18(2)15-9-11-19(3)14(5-7-17(19)22)13(15)4-6-16(18)21/h8,10,13-15H,4-7,9,11H2,1-3H3/b10-8+/t13?,14?,15?,18-,19+/m1/s1/i1+1,8+1,12+1. The molecule has 0 radical (unpaired) electrons. The van der Waals surface area contributed by atoms with E-state index in [0.717, 1.165) is 25.7 Å². The first-order valence-corrected chi connectivity index (χ1v) is 8.55. The lowest BCUT2D eigenvalue weighted by atomic mass is 9.50. The molecule has 0 aromatic rings. The van der Waals surface area contributed by atoms with Crippen LogP contribution < -0.4 is 0 Å². The van der Waals surface area contributed by atoms with Crippen molar-refractivity contribution in [3.63, 3.8) is 0 Å². The lowest BCUT2D eigenvalue weighted by molar-refractivity contribution is -0.142. The minimum absolute atomic E-state index is 0.00663. The van der Waals surface area contributed by atoms with E-state index in [2.05, 4.69) is 6.92 Å². The van der Waals surface area contributed by atoms with Crippen LogP contribution in [-0.4, -0.2) is 17.3 Å². The van der Waals surface area contributed by atoms with Crippen molar-refractivity contribution < 1.29 is 14.4 Å². The molecule has 0 bridgehead atoms. The second-order valence-corrected chi connectivity index (χ2v) is 7.98. The van der Waals surface area contributed by atoms with E-state index in [9.17, 15) is 14.4 Å². The lowest BCUT2D eigenvalue weighted by Gasteiger charge is -2.53. The number of Topliss-reactive ketones (excluding diaryl/α,β-unsaturated/α-hetero) is 2. The van der Waals surface area contributed by atoms with Gasteiger partial charge in [-0.25, -0.2) is 0 Å². The SMILES string of the molecule is C[C@]1(/C=[13CH]/[13C]([13CH3])=O)C(=O)CCC2C1CC[C@]1(C)C(=O)CCC21. The Kier molecular flexibility index (Phi) is 3.65. The zero-order valence-electron chi connectivity index (χ0n) is 13.9.